The predicted octanol–water partition coefficient (Wildman–Crippen LogP) is 7.66. The highest BCUT2D eigenvalue weighted by Gasteiger charge is 2.71. The third-order valence-electron chi connectivity index (χ3n) is 16.1. The van der Waals surface area contributed by atoms with E-state index in [1.807, 2.05) is 18.2 Å². The van der Waals surface area contributed by atoms with Crippen LogP contribution in [0.5, 0.6) is 0 Å². The van der Waals surface area contributed by atoms with E-state index in [0.717, 1.165) is 44.1 Å². The van der Waals surface area contributed by atoms with Crippen LogP contribution < -0.4 is 10.6 Å². The molecule has 6 rings (SSSR count). The van der Waals surface area contributed by atoms with Gasteiger partial charge in [0.25, 0.3) is 5.91 Å². The minimum atomic E-state index is -0.459. The zero-order valence-electron chi connectivity index (χ0n) is 32.0. The van der Waals surface area contributed by atoms with E-state index >= 15 is 0 Å². The summed E-state index contributed by atoms with van der Waals surface area (Å²) in [5, 5.41) is 17.1. The summed E-state index contributed by atoms with van der Waals surface area (Å²) in [6.07, 6.45) is 11.2. The standard InChI is InChI=1S/C43H64N2O5/c1-9-50-35(47)26-45-37(48)29-12-10-11-28(25-29)18-24-44-38(49)43-21-15-30(27(2)3)36(43)31-13-14-33-40(6)19-17-34(46)39(4,5)32(40)16-20-42(33,8)41(31,7)22-23-43/h10-12,25,30-34,36,46H,2,9,13-24,26H2,1,3-8H3,(H,44,49)(H,45,48)/t30-,31?,32?,33?,34-,36?,40-,41+,42+,43-/m0/s1. The fourth-order valence-corrected chi connectivity index (χ4v) is 13.4. The molecule has 7 nitrogen and oxygen atoms in total. The van der Waals surface area contributed by atoms with Crippen LogP contribution in [0.2, 0.25) is 0 Å². The Morgan fingerprint density at radius 3 is 2.38 bits per heavy atom. The van der Waals surface area contributed by atoms with Crippen LogP contribution in [-0.2, 0) is 20.7 Å². The summed E-state index contributed by atoms with van der Waals surface area (Å²) in [7, 11) is 0. The van der Waals surface area contributed by atoms with Crippen LogP contribution in [0.25, 0.3) is 0 Å². The first-order chi connectivity index (χ1) is 23.5. The number of amides is 2. The van der Waals surface area contributed by atoms with Gasteiger partial charge in [-0.2, -0.15) is 0 Å². The Morgan fingerprint density at radius 2 is 1.66 bits per heavy atom. The van der Waals surface area contributed by atoms with Gasteiger partial charge in [-0.3, -0.25) is 14.4 Å². The third kappa shape index (κ3) is 5.76. The van der Waals surface area contributed by atoms with Crippen molar-refractivity contribution in [3.8, 4) is 0 Å². The molecule has 3 N–H and O–H groups in total. The monoisotopic (exact) mass is 688 g/mol. The molecule has 1 aromatic carbocycles. The lowest BCUT2D eigenvalue weighted by atomic mass is 9.32. The van der Waals surface area contributed by atoms with E-state index in [2.05, 4.69) is 58.8 Å². The Morgan fingerprint density at radius 1 is 0.900 bits per heavy atom. The van der Waals surface area contributed by atoms with Crippen LogP contribution in [0.15, 0.2) is 36.4 Å². The van der Waals surface area contributed by atoms with Gasteiger partial charge >= 0.3 is 5.97 Å². The molecule has 5 aliphatic rings. The van der Waals surface area contributed by atoms with E-state index in [9.17, 15) is 19.5 Å². The highest BCUT2D eigenvalue weighted by atomic mass is 16.5. The molecule has 2 amide bonds. The van der Waals surface area contributed by atoms with Gasteiger partial charge in [0.1, 0.15) is 6.54 Å². The van der Waals surface area contributed by atoms with Gasteiger partial charge in [-0.25, -0.2) is 0 Å². The predicted molar refractivity (Wildman–Crippen MR) is 197 cm³/mol. The summed E-state index contributed by atoms with van der Waals surface area (Å²) in [6.45, 7) is 21.5. The summed E-state index contributed by atoms with van der Waals surface area (Å²) in [6, 6.07) is 7.41. The second-order valence-electron chi connectivity index (χ2n) is 18.4. The average molecular weight is 689 g/mol. The number of hydrogen-bond donors (Lipinski definition) is 3. The summed E-state index contributed by atoms with van der Waals surface area (Å²) in [4.78, 5) is 38.9. The number of esters is 1. The maximum Gasteiger partial charge on any atom is 0.325 e. The minimum absolute atomic E-state index is 0.0553. The Hall–Kier alpha value is -2.67. The van der Waals surface area contributed by atoms with Crippen molar-refractivity contribution in [1.29, 1.82) is 0 Å². The number of allylic oxidation sites excluding steroid dienone is 1. The lowest BCUT2D eigenvalue weighted by Crippen LogP contribution is -2.67. The molecule has 5 fully saturated rings. The van der Waals surface area contributed by atoms with Crippen molar-refractivity contribution in [3.63, 3.8) is 0 Å². The molecule has 50 heavy (non-hydrogen) atoms. The van der Waals surface area contributed by atoms with Crippen molar-refractivity contribution in [2.75, 3.05) is 19.7 Å². The maximum atomic E-state index is 14.5. The molecule has 1 aromatic rings. The molecule has 4 unspecified atom stereocenters. The Bertz CT molecular complexity index is 1500. The normalized spacial score (nSPS) is 39.9. The Kier molecular flexibility index (Phi) is 9.93. The van der Waals surface area contributed by atoms with Crippen molar-refractivity contribution >= 4 is 17.8 Å². The van der Waals surface area contributed by atoms with Gasteiger partial charge in [0, 0.05) is 12.1 Å². The highest BCUT2D eigenvalue weighted by molar-refractivity contribution is 5.96. The number of benzene rings is 1. The lowest BCUT2D eigenvalue weighted by Gasteiger charge is -2.72. The van der Waals surface area contributed by atoms with Crippen molar-refractivity contribution in [3.05, 3.63) is 47.5 Å². The zero-order valence-corrected chi connectivity index (χ0v) is 32.0. The molecule has 0 spiro atoms. The summed E-state index contributed by atoms with van der Waals surface area (Å²) < 4.78 is 4.92. The van der Waals surface area contributed by atoms with Crippen LogP contribution in [0.4, 0.5) is 0 Å². The largest absolute Gasteiger partial charge is 0.465 e. The maximum absolute atomic E-state index is 14.5. The van der Waals surface area contributed by atoms with Crippen molar-refractivity contribution in [1.82, 2.24) is 10.6 Å². The number of aliphatic hydroxyl groups excluding tert-OH is 1. The van der Waals surface area contributed by atoms with Crippen LogP contribution in [0.3, 0.4) is 0 Å². The van der Waals surface area contributed by atoms with E-state index in [4.69, 9.17) is 4.74 Å². The quantitative estimate of drug-likeness (QED) is 0.183. The Labute approximate surface area is 301 Å². The van der Waals surface area contributed by atoms with Crippen LogP contribution in [0.1, 0.15) is 129 Å². The second kappa shape index (κ2) is 13.4. The van der Waals surface area contributed by atoms with E-state index in [1.165, 1.54) is 31.3 Å². The number of carbonyl (C=O) groups is 3. The highest BCUT2D eigenvalue weighted by Crippen LogP contribution is 2.77. The molecule has 5 saturated carbocycles. The number of carbonyl (C=O) groups excluding carboxylic acids is 3. The molecule has 5 aliphatic carbocycles. The van der Waals surface area contributed by atoms with Gasteiger partial charge < -0.3 is 20.5 Å². The molecule has 10 atom stereocenters. The van der Waals surface area contributed by atoms with E-state index < -0.39 is 5.97 Å². The fraction of sp³-hybridized carbons (Fsp3) is 0.744. The third-order valence-corrected chi connectivity index (χ3v) is 16.1. The SMILES string of the molecule is C=C(C)[C@@H]1CC[C@]2(C(=O)NCCc3cccc(C(=O)NCC(=O)OCC)c3)CC[C@]3(C)C(CCC4[C@@]5(C)CC[C@H](O)C(C)(C)C5CC[C@]43C)C12. The second-order valence-corrected chi connectivity index (χ2v) is 18.4. The van der Waals surface area contributed by atoms with Gasteiger partial charge in [-0.15, -0.1) is 0 Å². The molecule has 0 radical (unpaired) electrons. The van der Waals surface area contributed by atoms with E-state index in [-0.39, 0.29) is 58.1 Å². The van der Waals surface area contributed by atoms with Gasteiger partial charge in [0.2, 0.25) is 5.91 Å². The van der Waals surface area contributed by atoms with Gasteiger partial charge in [-0.1, -0.05) is 58.9 Å². The number of rotatable bonds is 9. The lowest BCUT2D eigenvalue weighted by molar-refractivity contribution is -0.246. The zero-order chi connectivity index (χ0) is 36.3. The number of nitrogens with one attached hydrogen (secondary N) is 2. The van der Waals surface area contributed by atoms with Crippen LogP contribution >= 0.6 is 0 Å². The minimum Gasteiger partial charge on any atom is -0.465 e. The molecular formula is C43H64N2O5. The fourth-order valence-electron chi connectivity index (χ4n) is 13.4. The number of ether oxygens (including phenoxy) is 1. The van der Waals surface area contributed by atoms with Crippen molar-refractivity contribution in [2.24, 2.45) is 56.7 Å². The van der Waals surface area contributed by atoms with Gasteiger partial charge in [-0.05, 0) is 153 Å². The van der Waals surface area contributed by atoms with Gasteiger partial charge in [0.15, 0.2) is 0 Å². The molecule has 0 bridgehead atoms. The first-order valence-electron chi connectivity index (χ1n) is 19.7. The molecule has 7 heteroatoms. The molecule has 0 heterocycles. The number of aliphatic hydroxyl groups is 1. The molecule has 276 valence electrons. The molecule has 0 aliphatic heterocycles. The van der Waals surface area contributed by atoms with E-state index in [0.29, 0.717) is 48.1 Å². The topological polar surface area (TPSA) is 105 Å². The van der Waals surface area contributed by atoms with Crippen molar-refractivity contribution in [2.45, 2.75) is 125 Å². The summed E-state index contributed by atoms with van der Waals surface area (Å²) in [5.74, 6) is 1.77. The van der Waals surface area contributed by atoms with Crippen LogP contribution in [-0.4, -0.2) is 48.7 Å². The average Bonchev–Trinajstić information content (AvgIpc) is 3.47. The summed E-state index contributed by atoms with van der Waals surface area (Å²) >= 11 is 0. The smallest absolute Gasteiger partial charge is 0.325 e. The first-order valence-corrected chi connectivity index (χ1v) is 19.7. The summed E-state index contributed by atoms with van der Waals surface area (Å²) in [5.41, 5.74) is 2.87. The number of hydrogen-bond acceptors (Lipinski definition) is 5. The van der Waals surface area contributed by atoms with Crippen molar-refractivity contribution < 1.29 is 24.2 Å². The first kappa shape index (κ1) is 37.1. The molecular weight excluding hydrogens is 624 g/mol. The molecule has 0 saturated heterocycles. The molecule has 0 aromatic heterocycles. The van der Waals surface area contributed by atoms with E-state index in [1.54, 1.807) is 13.0 Å². The van der Waals surface area contributed by atoms with Crippen LogP contribution in [0, 0.1) is 56.7 Å². The number of fused-ring (bicyclic) bond motifs is 7. The van der Waals surface area contributed by atoms with Gasteiger partial charge in [0.05, 0.1) is 18.1 Å². The Balaban J connectivity index is 1.18.